The van der Waals surface area contributed by atoms with Crippen LogP contribution in [0.25, 0.3) is 0 Å². The first-order valence-electron chi connectivity index (χ1n) is 7.74. The number of carbonyl (C=O) groups excluding carboxylic acids is 1. The topological polar surface area (TPSA) is 78.4 Å². The summed E-state index contributed by atoms with van der Waals surface area (Å²) in [7, 11) is 0. The maximum Gasteiger partial charge on any atom is 0.303 e. The lowest BCUT2D eigenvalue weighted by Gasteiger charge is -2.18. The molecule has 0 radical (unpaired) electrons. The van der Waals surface area contributed by atoms with E-state index in [4.69, 9.17) is 5.11 Å². The van der Waals surface area contributed by atoms with Gasteiger partial charge in [0, 0.05) is 12.5 Å². The SMILES string of the molecule is CC(CCNC(C)C(=O)NC1CCCC1)CCC(=O)O. The second-order valence-corrected chi connectivity index (χ2v) is 5.99. The molecule has 5 nitrogen and oxygen atoms in total. The highest BCUT2D eigenvalue weighted by Crippen LogP contribution is 2.17. The molecule has 1 amide bonds. The van der Waals surface area contributed by atoms with Gasteiger partial charge in [-0.2, -0.15) is 0 Å². The number of nitrogens with one attached hydrogen (secondary N) is 2. The summed E-state index contributed by atoms with van der Waals surface area (Å²) in [6, 6.07) is 0.184. The van der Waals surface area contributed by atoms with Crippen LogP contribution in [0.4, 0.5) is 0 Å². The summed E-state index contributed by atoms with van der Waals surface area (Å²) in [5.74, 6) is -0.298. The number of aliphatic carboxylic acids is 1. The van der Waals surface area contributed by atoms with Crippen LogP contribution >= 0.6 is 0 Å². The Balaban J connectivity index is 2.10. The fourth-order valence-corrected chi connectivity index (χ4v) is 2.55. The number of carboxylic acids is 1. The molecule has 20 heavy (non-hydrogen) atoms. The lowest BCUT2D eigenvalue weighted by Crippen LogP contribution is -2.45. The van der Waals surface area contributed by atoms with E-state index < -0.39 is 5.97 Å². The molecule has 116 valence electrons. The van der Waals surface area contributed by atoms with Gasteiger partial charge < -0.3 is 15.7 Å². The summed E-state index contributed by atoms with van der Waals surface area (Å²) < 4.78 is 0. The van der Waals surface area contributed by atoms with Gasteiger partial charge in [0.05, 0.1) is 6.04 Å². The van der Waals surface area contributed by atoms with Crippen molar-refractivity contribution in [2.24, 2.45) is 5.92 Å². The van der Waals surface area contributed by atoms with Gasteiger partial charge in [0.2, 0.25) is 5.91 Å². The van der Waals surface area contributed by atoms with Crippen molar-refractivity contribution < 1.29 is 14.7 Å². The monoisotopic (exact) mass is 284 g/mol. The summed E-state index contributed by atoms with van der Waals surface area (Å²) in [6.45, 7) is 4.68. The normalized spacial score (nSPS) is 18.7. The van der Waals surface area contributed by atoms with E-state index in [0.29, 0.717) is 18.4 Å². The molecule has 0 heterocycles. The minimum Gasteiger partial charge on any atom is -0.481 e. The molecule has 1 aliphatic rings. The van der Waals surface area contributed by atoms with Gasteiger partial charge in [-0.05, 0) is 45.1 Å². The minimum atomic E-state index is -0.742. The minimum absolute atomic E-state index is 0.0788. The zero-order chi connectivity index (χ0) is 15.0. The Bertz CT molecular complexity index is 314. The lowest BCUT2D eigenvalue weighted by atomic mass is 10.0. The molecule has 5 heteroatoms. The lowest BCUT2D eigenvalue weighted by molar-refractivity contribution is -0.137. The van der Waals surface area contributed by atoms with Crippen molar-refractivity contribution in [3.63, 3.8) is 0 Å². The Kier molecular flexibility index (Phi) is 7.59. The highest BCUT2D eigenvalue weighted by atomic mass is 16.4. The van der Waals surface area contributed by atoms with Gasteiger partial charge in [0.1, 0.15) is 0 Å². The number of hydrogen-bond donors (Lipinski definition) is 3. The molecule has 2 atom stereocenters. The molecule has 3 N–H and O–H groups in total. The molecule has 0 aromatic heterocycles. The third-order valence-electron chi connectivity index (χ3n) is 4.03. The van der Waals surface area contributed by atoms with Crippen LogP contribution in [-0.2, 0) is 9.59 Å². The van der Waals surface area contributed by atoms with Gasteiger partial charge in [-0.3, -0.25) is 9.59 Å². The third kappa shape index (κ3) is 6.89. The van der Waals surface area contributed by atoms with Gasteiger partial charge in [0.25, 0.3) is 0 Å². The van der Waals surface area contributed by atoms with Crippen LogP contribution in [0.15, 0.2) is 0 Å². The van der Waals surface area contributed by atoms with Crippen molar-refractivity contribution in [3.8, 4) is 0 Å². The van der Waals surface area contributed by atoms with Gasteiger partial charge in [0.15, 0.2) is 0 Å². The number of rotatable bonds is 9. The Hall–Kier alpha value is -1.10. The zero-order valence-electron chi connectivity index (χ0n) is 12.7. The summed E-state index contributed by atoms with van der Waals surface area (Å²) in [5.41, 5.74) is 0. The molecule has 0 bridgehead atoms. The molecule has 1 fully saturated rings. The van der Waals surface area contributed by atoms with E-state index in [1.807, 2.05) is 13.8 Å². The van der Waals surface area contributed by atoms with Crippen molar-refractivity contribution in [3.05, 3.63) is 0 Å². The number of hydrogen-bond acceptors (Lipinski definition) is 3. The number of amides is 1. The molecule has 1 saturated carbocycles. The van der Waals surface area contributed by atoms with Gasteiger partial charge in [-0.15, -0.1) is 0 Å². The quantitative estimate of drug-likeness (QED) is 0.604. The fraction of sp³-hybridized carbons (Fsp3) is 0.867. The van der Waals surface area contributed by atoms with E-state index >= 15 is 0 Å². The number of carbonyl (C=O) groups is 2. The largest absolute Gasteiger partial charge is 0.481 e. The summed E-state index contributed by atoms with van der Waals surface area (Å²) in [5, 5.41) is 14.9. The first-order valence-corrected chi connectivity index (χ1v) is 7.74. The molecule has 0 aromatic carbocycles. The zero-order valence-corrected chi connectivity index (χ0v) is 12.7. The molecule has 1 rings (SSSR count). The summed E-state index contributed by atoms with van der Waals surface area (Å²) in [6.07, 6.45) is 6.45. The van der Waals surface area contributed by atoms with E-state index in [2.05, 4.69) is 10.6 Å². The predicted octanol–water partition coefficient (Wildman–Crippen LogP) is 1.91. The van der Waals surface area contributed by atoms with E-state index in [0.717, 1.165) is 25.8 Å². The first-order chi connectivity index (χ1) is 9.49. The van der Waals surface area contributed by atoms with Crippen LogP contribution < -0.4 is 10.6 Å². The predicted molar refractivity (Wildman–Crippen MR) is 78.5 cm³/mol. The van der Waals surface area contributed by atoms with Crippen molar-refractivity contribution in [2.75, 3.05) is 6.54 Å². The van der Waals surface area contributed by atoms with Crippen molar-refractivity contribution >= 4 is 11.9 Å². The molecule has 0 aliphatic heterocycles. The second kappa shape index (κ2) is 8.95. The second-order valence-electron chi connectivity index (χ2n) is 5.99. The van der Waals surface area contributed by atoms with Gasteiger partial charge in [-0.25, -0.2) is 0 Å². The van der Waals surface area contributed by atoms with Crippen molar-refractivity contribution in [1.82, 2.24) is 10.6 Å². The van der Waals surface area contributed by atoms with Crippen LogP contribution in [0.1, 0.15) is 58.8 Å². The highest BCUT2D eigenvalue weighted by molar-refractivity contribution is 5.81. The van der Waals surface area contributed by atoms with Crippen LogP contribution in [0.2, 0.25) is 0 Å². The van der Waals surface area contributed by atoms with Crippen molar-refractivity contribution in [2.45, 2.75) is 70.9 Å². The van der Waals surface area contributed by atoms with Gasteiger partial charge >= 0.3 is 5.97 Å². The van der Waals surface area contributed by atoms with E-state index in [-0.39, 0.29) is 18.4 Å². The average molecular weight is 284 g/mol. The number of carboxylic acid groups (broad SMARTS) is 1. The summed E-state index contributed by atoms with van der Waals surface area (Å²) in [4.78, 5) is 22.4. The van der Waals surface area contributed by atoms with Crippen LogP contribution in [0.3, 0.4) is 0 Å². The third-order valence-corrected chi connectivity index (χ3v) is 4.03. The van der Waals surface area contributed by atoms with Crippen molar-refractivity contribution in [1.29, 1.82) is 0 Å². The molecular formula is C15H28N2O3. The molecule has 0 saturated heterocycles. The maximum atomic E-state index is 11.9. The molecular weight excluding hydrogens is 256 g/mol. The fourth-order valence-electron chi connectivity index (χ4n) is 2.55. The Morgan fingerprint density at radius 2 is 1.85 bits per heavy atom. The smallest absolute Gasteiger partial charge is 0.303 e. The van der Waals surface area contributed by atoms with E-state index in [1.54, 1.807) is 0 Å². The van der Waals surface area contributed by atoms with E-state index in [9.17, 15) is 9.59 Å². The Morgan fingerprint density at radius 3 is 2.45 bits per heavy atom. The first kappa shape index (κ1) is 17.0. The average Bonchev–Trinajstić information content (AvgIpc) is 2.89. The Morgan fingerprint density at radius 1 is 1.20 bits per heavy atom. The molecule has 0 aromatic rings. The molecule has 0 spiro atoms. The van der Waals surface area contributed by atoms with E-state index in [1.165, 1.54) is 12.8 Å². The standard InChI is InChI=1S/C15H28N2O3/c1-11(7-8-14(18)19)9-10-16-12(2)15(20)17-13-5-3-4-6-13/h11-13,16H,3-10H2,1-2H3,(H,17,20)(H,18,19). The molecule has 2 unspecified atom stereocenters. The van der Waals surface area contributed by atoms with Crippen LogP contribution in [0.5, 0.6) is 0 Å². The summed E-state index contributed by atoms with van der Waals surface area (Å²) >= 11 is 0. The van der Waals surface area contributed by atoms with Gasteiger partial charge in [-0.1, -0.05) is 19.8 Å². The highest BCUT2D eigenvalue weighted by Gasteiger charge is 2.20. The van der Waals surface area contributed by atoms with Crippen LogP contribution in [-0.4, -0.2) is 35.6 Å². The molecule has 1 aliphatic carbocycles. The Labute approximate surface area is 121 Å². The maximum absolute atomic E-state index is 11.9. The van der Waals surface area contributed by atoms with Crippen LogP contribution in [0, 0.1) is 5.92 Å².